The highest BCUT2D eigenvalue weighted by molar-refractivity contribution is 6.21. The molecule has 4 N–H and O–H groups in total. The monoisotopic (exact) mass is 240 g/mol. The quantitative estimate of drug-likeness (QED) is 0.674. The summed E-state index contributed by atoms with van der Waals surface area (Å²) in [6.07, 6.45) is 7.05. The first-order chi connectivity index (χ1) is 8.61. The summed E-state index contributed by atoms with van der Waals surface area (Å²) in [6.45, 7) is 0. The lowest BCUT2D eigenvalue weighted by Crippen LogP contribution is -2.36. The van der Waals surface area contributed by atoms with E-state index in [0.29, 0.717) is 11.4 Å². The Morgan fingerprint density at radius 2 is 1.17 bits per heavy atom. The molecule has 0 heterocycles. The third-order valence-electron chi connectivity index (χ3n) is 3.50. The van der Waals surface area contributed by atoms with Crippen molar-refractivity contribution in [1.82, 2.24) is 0 Å². The normalized spacial score (nSPS) is 24.9. The molecule has 0 spiro atoms. The van der Waals surface area contributed by atoms with Gasteiger partial charge in [0.25, 0.3) is 0 Å². The molecular weight excluding hydrogens is 228 g/mol. The fourth-order valence-corrected chi connectivity index (χ4v) is 2.61. The molecule has 4 heteroatoms. The van der Waals surface area contributed by atoms with Crippen LogP contribution in [0, 0.1) is 11.8 Å². The van der Waals surface area contributed by atoms with E-state index >= 15 is 0 Å². The van der Waals surface area contributed by atoms with Crippen molar-refractivity contribution >= 4 is 22.9 Å². The summed E-state index contributed by atoms with van der Waals surface area (Å²) in [6, 6.07) is 3.14. The van der Waals surface area contributed by atoms with Gasteiger partial charge in [-0.2, -0.15) is 0 Å². The van der Waals surface area contributed by atoms with E-state index in [4.69, 9.17) is 11.5 Å². The topological polar surface area (TPSA) is 86.2 Å². The van der Waals surface area contributed by atoms with Crippen LogP contribution in [0.5, 0.6) is 0 Å². The second-order valence-electron chi connectivity index (χ2n) is 4.54. The van der Waals surface area contributed by atoms with Gasteiger partial charge in [-0.3, -0.25) is 9.59 Å². The molecule has 2 aliphatic carbocycles. The van der Waals surface area contributed by atoms with Crippen LogP contribution in [-0.2, 0) is 0 Å². The first kappa shape index (κ1) is 10.8. The molecule has 0 aromatic heterocycles. The number of hydrogen-bond donors (Lipinski definition) is 2. The summed E-state index contributed by atoms with van der Waals surface area (Å²) in [5.74, 6) is -1.14. The minimum Gasteiger partial charge on any atom is -0.398 e. The Hall–Kier alpha value is -2.36. The highest BCUT2D eigenvalue weighted by atomic mass is 16.1. The van der Waals surface area contributed by atoms with Gasteiger partial charge in [0.05, 0.1) is 23.0 Å². The van der Waals surface area contributed by atoms with Crippen molar-refractivity contribution < 1.29 is 9.59 Å². The summed E-state index contributed by atoms with van der Waals surface area (Å²) in [4.78, 5) is 24.8. The number of carbonyl (C=O) groups excluding carboxylic acids is 2. The predicted molar refractivity (Wildman–Crippen MR) is 69.2 cm³/mol. The molecular formula is C14H12N2O2. The first-order valence-corrected chi connectivity index (χ1v) is 5.72. The zero-order valence-electron chi connectivity index (χ0n) is 9.59. The summed E-state index contributed by atoms with van der Waals surface area (Å²) < 4.78 is 0. The molecule has 1 aromatic carbocycles. The van der Waals surface area contributed by atoms with Gasteiger partial charge in [-0.15, -0.1) is 0 Å². The van der Waals surface area contributed by atoms with Crippen molar-refractivity contribution in [3.8, 4) is 0 Å². The Kier molecular flexibility index (Phi) is 2.13. The van der Waals surface area contributed by atoms with E-state index in [0.717, 1.165) is 0 Å². The van der Waals surface area contributed by atoms with E-state index in [1.54, 1.807) is 36.4 Å². The summed E-state index contributed by atoms with van der Waals surface area (Å²) >= 11 is 0. The molecule has 90 valence electrons. The second kappa shape index (κ2) is 3.57. The lowest BCUT2D eigenvalue weighted by molar-refractivity contribution is 0.0803. The number of ketones is 2. The van der Waals surface area contributed by atoms with Gasteiger partial charge in [-0.1, -0.05) is 24.3 Å². The number of hydrogen-bond acceptors (Lipinski definition) is 4. The lowest BCUT2D eigenvalue weighted by Gasteiger charge is -2.29. The van der Waals surface area contributed by atoms with Crippen LogP contribution in [0.2, 0.25) is 0 Å². The number of nitrogens with two attached hydrogens (primary N) is 2. The minimum absolute atomic E-state index is 0.125. The Labute approximate surface area is 104 Å². The zero-order valence-corrected chi connectivity index (χ0v) is 9.59. The van der Waals surface area contributed by atoms with Crippen LogP contribution < -0.4 is 11.5 Å². The van der Waals surface area contributed by atoms with E-state index in [1.165, 1.54) is 0 Å². The third-order valence-corrected chi connectivity index (χ3v) is 3.50. The molecule has 0 radical (unpaired) electrons. The van der Waals surface area contributed by atoms with E-state index < -0.39 is 11.8 Å². The van der Waals surface area contributed by atoms with E-state index in [2.05, 4.69) is 0 Å². The van der Waals surface area contributed by atoms with E-state index in [-0.39, 0.29) is 22.7 Å². The van der Waals surface area contributed by atoms with Crippen LogP contribution >= 0.6 is 0 Å². The third kappa shape index (κ3) is 1.26. The van der Waals surface area contributed by atoms with Crippen LogP contribution in [0.15, 0.2) is 36.4 Å². The first-order valence-electron chi connectivity index (χ1n) is 5.72. The number of benzene rings is 1. The van der Waals surface area contributed by atoms with Gasteiger partial charge in [0.2, 0.25) is 0 Å². The molecule has 2 aliphatic rings. The summed E-state index contributed by atoms with van der Waals surface area (Å²) in [5.41, 5.74) is 12.8. The van der Waals surface area contributed by atoms with Crippen LogP contribution in [0.4, 0.5) is 11.4 Å². The van der Waals surface area contributed by atoms with Gasteiger partial charge in [0.1, 0.15) is 0 Å². The van der Waals surface area contributed by atoms with Crippen LogP contribution in [0.3, 0.4) is 0 Å². The molecule has 4 nitrogen and oxygen atoms in total. The Morgan fingerprint density at radius 3 is 1.56 bits per heavy atom. The van der Waals surface area contributed by atoms with Gasteiger partial charge < -0.3 is 11.5 Å². The van der Waals surface area contributed by atoms with Crippen LogP contribution in [-0.4, -0.2) is 11.6 Å². The number of rotatable bonds is 0. The highest BCUT2D eigenvalue weighted by Crippen LogP contribution is 2.38. The van der Waals surface area contributed by atoms with Crippen molar-refractivity contribution in [1.29, 1.82) is 0 Å². The summed E-state index contributed by atoms with van der Waals surface area (Å²) in [7, 11) is 0. The number of fused-ring (bicyclic) bond motifs is 2. The van der Waals surface area contributed by atoms with Gasteiger partial charge in [0.15, 0.2) is 11.6 Å². The molecule has 0 amide bonds. The molecule has 0 saturated carbocycles. The minimum atomic E-state index is -0.445. The molecule has 2 unspecified atom stereocenters. The lowest BCUT2D eigenvalue weighted by atomic mass is 9.71. The number of Topliss-reactive ketones (excluding diaryl/α,β-unsaturated/α-hetero) is 2. The smallest absolute Gasteiger partial charge is 0.173 e. The Morgan fingerprint density at radius 1 is 0.778 bits per heavy atom. The van der Waals surface area contributed by atoms with Crippen LogP contribution in [0.1, 0.15) is 20.7 Å². The SMILES string of the molecule is Nc1ccc(N)c2c1C(=O)C1C=CC=CC1C2=O. The van der Waals surface area contributed by atoms with Crippen LogP contribution in [0.25, 0.3) is 0 Å². The van der Waals surface area contributed by atoms with Crippen molar-refractivity contribution in [2.75, 3.05) is 11.5 Å². The Bertz CT molecular complexity index is 574. The maximum Gasteiger partial charge on any atom is 0.173 e. The predicted octanol–water partition coefficient (Wildman–Crippen LogP) is 1.59. The van der Waals surface area contributed by atoms with E-state index in [1.807, 2.05) is 0 Å². The Balaban J connectivity index is 2.30. The maximum absolute atomic E-state index is 12.4. The number of anilines is 2. The molecule has 1 aromatic rings. The maximum atomic E-state index is 12.4. The highest BCUT2D eigenvalue weighted by Gasteiger charge is 2.41. The van der Waals surface area contributed by atoms with Crippen molar-refractivity contribution in [2.45, 2.75) is 0 Å². The fraction of sp³-hybridized carbons (Fsp3) is 0.143. The number of carbonyl (C=O) groups is 2. The van der Waals surface area contributed by atoms with Gasteiger partial charge in [-0.05, 0) is 12.1 Å². The summed E-state index contributed by atoms with van der Waals surface area (Å²) in [5, 5.41) is 0. The molecule has 0 bridgehead atoms. The van der Waals surface area contributed by atoms with Gasteiger partial charge in [0, 0.05) is 11.4 Å². The molecule has 0 fully saturated rings. The number of nitrogen functional groups attached to an aromatic ring is 2. The second-order valence-corrected chi connectivity index (χ2v) is 4.54. The fourth-order valence-electron chi connectivity index (χ4n) is 2.61. The zero-order chi connectivity index (χ0) is 12.9. The van der Waals surface area contributed by atoms with Gasteiger partial charge >= 0.3 is 0 Å². The van der Waals surface area contributed by atoms with E-state index in [9.17, 15) is 9.59 Å². The molecule has 3 rings (SSSR count). The molecule has 0 aliphatic heterocycles. The molecule has 0 saturated heterocycles. The van der Waals surface area contributed by atoms with Crippen molar-refractivity contribution in [2.24, 2.45) is 11.8 Å². The van der Waals surface area contributed by atoms with Crippen molar-refractivity contribution in [3.05, 3.63) is 47.6 Å². The largest absolute Gasteiger partial charge is 0.398 e. The van der Waals surface area contributed by atoms with Gasteiger partial charge in [-0.25, -0.2) is 0 Å². The van der Waals surface area contributed by atoms with Crippen molar-refractivity contribution in [3.63, 3.8) is 0 Å². The molecule has 2 atom stereocenters. The molecule has 18 heavy (non-hydrogen) atoms. The average molecular weight is 240 g/mol. The standard InChI is InChI=1S/C14H12N2O2/c15-9-5-6-10(16)12-11(9)13(17)7-3-1-2-4-8(7)14(12)18/h1-8H,15-16H2. The average Bonchev–Trinajstić information content (AvgIpc) is 2.38. The number of allylic oxidation sites excluding steroid dienone is 4.